The van der Waals surface area contributed by atoms with Gasteiger partial charge in [-0.1, -0.05) is 243 Å². The van der Waals surface area contributed by atoms with E-state index in [0.717, 1.165) is 72.2 Å². The summed E-state index contributed by atoms with van der Waals surface area (Å²) in [6.07, 6.45) is 0. The zero-order valence-electron chi connectivity index (χ0n) is 35.9. The van der Waals surface area contributed by atoms with E-state index < -0.39 is 0 Å². The highest BCUT2D eigenvalue weighted by Crippen LogP contribution is 2.37. The number of pyridine rings is 1. The lowest BCUT2D eigenvalue weighted by atomic mass is 9.96. The molecule has 4 nitrogen and oxygen atoms in total. The van der Waals surface area contributed by atoms with E-state index in [9.17, 15) is 0 Å². The fourth-order valence-electron chi connectivity index (χ4n) is 9.04. The smallest absolute Gasteiger partial charge is 0.164 e. The Kier molecular flexibility index (Phi) is 9.81. The van der Waals surface area contributed by atoms with Crippen molar-refractivity contribution < 1.29 is 0 Å². The number of rotatable bonds is 8. The van der Waals surface area contributed by atoms with Gasteiger partial charge in [0.15, 0.2) is 17.5 Å². The van der Waals surface area contributed by atoms with Crippen LogP contribution in [-0.4, -0.2) is 19.9 Å². The maximum absolute atomic E-state index is 5.32. The molecule has 0 aliphatic carbocycles. The molecule has 0 aliphatic rings. The van der Waals surface area contributed by atoms with Crippen LogP contribution in [-0.2, 0) is 0 Å². The molecule has 0 saturated heterocycles. The first-order chi connectivity index (χ1) is 32.7. The lowest BCUT2D eigenvalue weighted by molar-refractivity contribution is 1.07. The molecule has 12 aromatic rings. The van der Waals surface area contributed by atoms with E-state index in [1.165, 1.54) is 32.7 Å². The molecule has 0 fully saturated rings. The summed E-state index contributed by atoms with van der Waals surface area (Å²) >= 11 is 0. The number of nitrogens with zero attached hydrogens (tertiary/aromatic N) is 4. The number of benzene rings is 10. The maximum Gasteiger partial charge on any atom is 0.164 e. The van der Waals surface area contributed by atoms with Crippen LogP contribution in [0.3, 0.4) is 0 Å². The first kappa shape index (κ1) is 38.8. The van der Waals surface area contributed by atoms with Crippen LogP contribution >= 0.6 is 0 Å². The predicted molar refractivity (Wildman–Crippen MR) is 274 cm³/mol. The molecule has 2 aromatic heterocycles. The van der Waals surface area contributed by atoms with E-state index in [0.29, 0.717) is 17.5 Å². The monoisotopic (exact) mass is 840 g/mol. The molecule has 0 saturated carbocycles. The minimum atomic E-state index is 0.625. The molecule has 10 aromatic carbocycles. The standard InChI is InChI=1S/C62H40N4/c1-3-11-41(12-4-1)43-25-33-51(34-26-43)60-64-61(52-35-27-44(28-36-52)42-13-5-2-6-14-42)66-62(65-60)53-37-29-48(30-38-53)46-21-19-45(20-22-46)47-23-31-50(32-24-47)58-56-18-10-9-17-55(56)57-40-39-49-15-7-8-16-54(49)59(57)63-58/h1-40H. The lowest BCUT2D eigenvalue weighted by Crippen LogP contribution is -2.00. The molecule has 0 unspecified atom stereocenters. The average Bonchev–Trinajstić information content (AvgIpc) is 3.41. The number of fused-ring (bicyclic) bond motifs is 5. The van der Waals surface area contributed by atoms with Gasteiger partial charge in [-0.25, -0.2) is 19.9 Å². The molecule has 0 radical (unpaired) electrons. The molecule has 0 bridgehead atoms. The van der Waals surface area contributed by atoms with Crippen molar-refractivity contribution in [2.75, 3.05) is 0 Å². The van der Waals surface area contributed by atoms with Gasteiger partial charge in [-0.3, -0.25) is 0 Å². The van der Waals surface area contributed by atoms with Gasteiger partial charge in [-0.2, -0.15) is 0 Å². The second-order valence-electron chi connectivity index (χ2n) is 16.6. The van der Waals surface area contributed by atoms with Crippen LogP contribution in [0.5, 0.6) is 0 Å². The van der Waals surface area contributed by atoms with Crippen LogP contribution in [0, 0.1) is 0 Å². The Morgan fingerprint density at radius 3 is 0.924 bits per heavy atom. The molecule has 12 rings (SSSR count). The van der Waals surface area contributed by atoms with E-state index in [1.807, 2.05) is 12.1 Å². The molecule has 308 valence electrons. The van der Waals surface area contributed by atoms with Crippen LogP contribution in [0.15, 0.2) is 243 Å². The van der Waals surface area contributed by atoms with E-state index in [4.69, 9.17) is 19.9 Å². The Morgan fingerprint density at radius 1 is 0.182 bits per heavy atom. The van der Waals surface area contributed by atoms with Crippen molar-refractivity contribution in [1.82, 2.24) is 19.9 Å². The highest BCUT2D eigenvalue weighted by atomic mass is 15.0. The second-order valence-corrected chi connectivity index (χ2v) is 16.6. The molecule has 0 aliphatic heterocycles. The largest absolute Gasteiger partial charge is 0.246 e. The average molecular weight is 841 g/mol. The molecular formula is C62H40N4. The van der Waals surface area contributed by atoms with Crippen molar-refractivity contribution in [2.45, 2.75) is 0 Å². The predicted octanol–water partition coefficient (Wildman–Crippen LogP) is 16.1. The summed E-state index contributed by atoms with van der Waals surface area (Å²) in [4.78, 5) is 20.5. The van der Waals surface area contributed by atoms with Gasteiger partial charge in [-0.15, -0.1) is 0 Å². The summed E-state index contributed by atoms with van der Waals surface area (Å²) in [7, 11) is 0. The Balaban J connectivity index is 0.830. The molecule has 0 atom stereocenters. The van der Waals surface area contributed by atoms with Crippen molar-refractivity contribution in [3.8, 4) is 89.9 Å². The molecule has 0 N–H and O–H groups in total. The van der Waals surface area contributed by atoms with Crippen molar-refractivity contribution in [3.63, 3.8) is 0 Å². The molecule has 0 spiro atoms. The Labute approximate surface area is 383 Å². The summed E-state index contributed by atoms with van der Waals surface area (Å²) in [5, 5.41) is 5.92. The third-order valence-corrected chi connectivity index (χ3v) is 12.6. The maximum atomic E-state index is 5.32. The van der Waals surface area contributed by atoms with E-state index in [-0.39, 0.29) is 0 Å². The fourth-order valence-corrected chi connectivity index (χ4v) is 9.04. The van der Waals surface area contributed by atoms with Gasteiger partial charge in [0, 0.05) is 38.4 Å². The van der Waals surface area contributed by atoms with E-state index >= 15 is 0 Å². The summed E-state index contributed by atoms with van der Waals surface area (Å²) in [5.41, 5.74) is 15.1. The van der Waals surface area contributed by atoms with Crippen LogP contribution < -0.4 is 0 Å². The van der Waals surface area contributed by atoms with Crippen molar-refractivity contribution in [3.05, 3.63) is 243 Å². The first-order valence-corrected chi connectivity index (χ1v) is 22.3. The van der Waals surface area contributed by atoms with Gasteiger partial charge in [-0.05, 0) is 55.3 Å². The third-order valence-electron chi connectivity index (χ3n) is 12.6. The van der Waals surface area contributed by atoms with Gasteiger partial charge in [0.2, 0.25) is 0 Å². The summed E-state index contributed by atoms with van der Waals surface area (Å²) in [6.45, 7) is 0. The number of hydrogen-bond acceptors (Lipinski definition) is 4. The minimum absolute atomic E-state index is 0.625. The zero-order valence-corrected chi connectivity index (χ0v) is 35.9. The molecule has 2 heterocycles. The van der Waals surface area contributed by atoms with Gasteiger partial charge in [0.05, 0.1) is 11.2 Å². The Morgan fingerprint density at radius 2 is 0.500 bits per heavy atom. The van der Waals surface area contributed by atoms with Crippen molar-refractivity contribution in [2.24, 2.45) is 0 Å². The van der Waals surface area contributed by atoms with Crippen molar-refractivity contribution in [1.29, 1.82) is 0 Å². The highest BCUT2D eigenvalue weighted by molar-refractivity contribution is 6.18. The minimum Gasteiger partial charge on any atom is -0.246 e. The third kappa shape index (κ3) is 7.36. The van der Waals surface area contributed by atoms with Crippen LogP contribution in [0.2, 0.25) is 0 Å². The molecule has 4 heteroatoms. The molecular weight excluding hydrogens is 801 g/mol. The summed E-state index contributed by atoms with van der Waals surface area (Å²) < 4.78 is 0. The van der Waals surface area contributed by atoms with Gasteiger partial charge >= 0.3 is 0 Å². The Bertz CT molecular complexity index is 3580. The normalized spacial score (nSPS) is 11.3. The van der Waals surface area contributed by atoms with Gasteiger partial charge < -0.3 is 0 Å². The second kappa shape index (κ2) is 16.7. The van der Waals surface area contributed by atoms with Gasteiger partial charge in [0.1, 0.15) is 0 Å². The number of aromatic nitrogens is 4. The topological polar surface area (TPSA) is 51.6 Å². The van der Waals surface area contributed by atoms with E-state index in [2.05, 4.69) is 231 Å². The SMILES string of the molecule is c1ccc(-c2ccc(-c3nc(-c4ccc(-c5ccccc5)cc4)nc(-c4ccc(-c5ccc(-c6ccc(-c7nc8c9ccccc9ccc8c8ccccc78)cc6)cc5)cc4)n3)cc2)cc1. The first-order valence-electron chi connectivity index (χ1n) is 22.3. The lowest BCUT2D eigenvalue weighted by Gasteiger charge is -2.12. The number of hydrogen-bond donors (Lipinski definition) is 0. The summed E-state index contributed by atoms with van der Waals surface area (Å²) in [6, 6.07) is 85.3. The molecule has 66 heavy (non-hydrogen) atoms. The van der Waals surface area contributed by atoms with Crippen LogP contribution in [0.1, 0.15) is 0 Å². The highest BCUT2D eigenvalue weighted by Gasteiger charge is 2.15. The Hall–Kier alpha value is -8.86. The van der Waals surface area contributed by atoms with Gasteiger partial charge in [0.25, 0.3) is 0 Å². The fraction of sp³-hybridized carbons (Fsp3) is 0. The quantitative estimate of drug-likeness (QED) is 0.143. The zero-order chi connectivity index (χ0) is 43.8. The summed E-state index contributed by atoms with van der Waals surface area (Å²) in [5.74, 6) is 1.88. The van der Waals surface area contributed by atoms with Crippen molar-refractivity contribution >= 4 is 32.4 Å². The van der Waals surface area contributed by atoms with Crippen LogP contribution in [0.4, 0.5) is 0 Å². The van der Waals surface area contributed by atoms with E-state index in [1.54, 1.807) is 0 Å². The van der Waals surface area contributed by atoms with Crippen LogP contribution in [0.25, 0.3) is 122 Å². The molecule has 0 amide bonds.